The van der Waals surface area contributed by atoms with Gasteiger partial charge in [0.1, 0.15) is 5.82 Å². The van der Waals surface area contributed by atoms with E-state index in [0.717, 1.165) is 18.7 Å². The molecule has 6 heteroatoms. The molecule has 2 N–H and O–H groups in total. The molecule has 2 rings (SSSR count). The van der Waals surface area contributed by atoms with Crippen molar-refractivity contribution < 1.29 is 9.53 Å². The zero-order valence-corrected chi connectivity index (χ0v) is 10.4. The van der Waals surface area contributed by atoms with Crippen molar-refractivity contribution >= 4 is 5.91 Å². The first-order chi connectivity index (χ1) is 8.05. The lowest BCUT2D eigenvalue weighted by molar-refractivity contribution is 0.0720. The predicted molar refractivity (Wildman–Crippen MR) is 61.7 cm³/mol. The van der Waals surface area contributed by atoms with Crippen LogP contribution in [0.2, 0.25) is 0 Å². The summed E-state index contributed by atoms with van der Waals surface area (Å²) in [4.78, 5) is 16.1. The minimum Gasteiger partial charge on any atom is -0.376 e. The third-order valence-electron chi connectivity index (χ3n) is 3.36. The number of aryl methyl sites for hydroxylation is 1. The van der Waals surface area contributed by atoms with E-state index in [9.17, 15) is 4.79 Å². The van der Waals surface area contributed by atoms with Gasteiger partial charge in [0.2, 0.25) is 5.82 Å². The molecular formula is C11H18N4O2. The molecule has 17 heavy (non-hydrogen) atoms. The molecule has 1 aliphatic rings. The standard InChI is InChI=1S/C11H18N4O2/c1-4-8-12-9(15-14-8)10(16)13-11(3)5-6-17-7(11)2/h7H,4-6H2,1-3H3,(H,13,16)(H,12,14,15). The van der Waals surface area contributed by atoms with Gasteiger partial charge >= 0.3 is 0 Å². The Morgan fingerprint density at radius 1 is 1.71 bits per heavy atom. The third kappa shape index (κ3) is 2.31. The van der Waals surface area contributed by atoms with Crippen LogP contribution in [-0.4, -0.2) is 39.3 Å². The fourth-order valence-corrected chi connectivity index (χ4v) is 1.87. The van der Waals surface area contributed by atoms with Crippen LogP contribution >= 0.6 is 0 Å². The van der Waals surface area contributed by atoms with Gasteiger partial charge in [-0.15, -0.1) is 5.10 Å². The third-order valence-corrected chi connectivity index (χ3v) is 3.36. The van der Waals surface area contributed by atoms with Crippen LogP contribution < -0.4 is 5.32 Å². The van der Waals surface area contributed by atoms with Gasteiger partial charge in [-0.2, -0.15) is 0 Å². The Labute approximate surface area is 100 Å². The maximum absolute atomic E-state index is 12.0. The lowest BCUT2D eigenvalue weighted by Gasteiger charge is -2.28. The highest BCUT2D eigenvalue weighted by Gasteiger charge is 2.39. The second-order valence-corrected chi connectivity index (χ2v) is 4.59. The predicted octanol–water partition coefficient (Wildman–Crippen LogP) is 0.664. The van der Waals surface area contributed by atoms with Gasteiger partial charge in [-0.25, -0.2) is 4.98 Å². The van der Waals surface area contributed by atoms with Crippen molar-refractivity contribution in [1.82, 2.24) is 20.5 Å². The number of aromatic amines is 1. The van der Waals surface area contributed by atoms with E-state index in [4.69, 9.17) is 4.74 Å². The molecule has 2 heterocycles. The van der Waals surface area contributed by atoms with Crippen LogP contribution in [0.25, 0.3) is 0 Å². The molecule has 1 saturated heterocycles. The normalized spacial score (nSPS) is 28.3. The molecular weight excluding hydrogens is 220 g/mol. The monoisotopic (exact) mass is 238 g/mol. The highest BCUT2D eigenvalue weighted by Crippen LogP contribution is 2.25. The minimum absolute atomic E-state index is 0.0102. The first-order valence-electron chi connectivity index (χ1n) is 5.90. The average Bonchev–Trinajstić information content (AvgIpc) is 2.87. The Kier molecular flexibility index (Phi) is 3.15. The van der Waals surface area contributed by atoms with Crippen LogP contribution in [0, 0.1) is 0 Å². The number of H-pyrrole nitrogens is 1. The molecule has 94 valence electrons. The molecule has 2 unspecified atom stereocenters. The zero-order chi connectivity index (χ0) is 12.5. The second kappa shape index (κ2) is 4.44. The second-order valence-electron chi connectivity index (χ2n) is 4.59. The van der Waals surface area contributed by atoms with Gasteiger partial charge in [-0.05, 0) is 20.3 Å². The lowest BCUT2D eigenvalue weighted by Crippen LogP contribution is -2.50. The van der Waals surface area contributed by atoms with E-state index in [2.05, 4.69) is 20.5 Å². The summed E-state index contributed by atoms with van der Waals surface area (Å²) in [6, 6.07) is 0. The molecule has 0 aromatic carbocycles. The number of carbonyl (C=O) groups excluding carboxylic acids is 1. The fourth-order valence-electron chi connectivity index (χ4n) is 1.87. The quantitative estimate of drug-likeness (QED) is 0.811. The molecule has 0 radical (unpaired) electrons. The van der Waals surface area contributed by atoms with E-state index in [-0.39, 0.29) is 23.4 Å². The summed E-state index contributed by atoms with van der Waals surface area (Å²) < 4.78 is 5.47. The van der Waals surface area contributed by atoms with Crippen molar-refractivity contribution in [2.24, 2.45) is 0 Å². The van der Waals surface area contributed by atoms with Crippen LogP contribution in [0.15, 0.2) is 0 Å². The molecule has 0 aliphatic carbocycles. The summed E-state index contributed by atoms with van der Waals surface area (Å²) >= 11 is 0. The van der Waals surface area contributed by atoms with E-state index >= 15 is 0 Å². The Morgan fingerprint density at radius 2 is 2.47 bits per heavy atom. The van der Waals surface area contributed by atoms with Crippen LogP contribution in [0.5, 0.6) is 0 Å². The lowest BCUT2D eigenvalue weighted by atomic mass is 9.94. The van der Waals surface area contributed by atoms with Gasteiger partial charge in [0.05, 0.1) is 11.6 Å². The van der Waals surface area contributed by atoms with Crippen LogP contribution in [0.1, 0.15) is 43.6 Å². The van der Waals surface area contributed by atoms with Gasteiger partial charge in [0.15, 0.2) is 0 Å². The minimum atomic E-state index is -0.329. The molecule has 1 amide bonds. The Morgan fingerprint density at radius 3 is 3.00 bits per heavy atom. The summed E-state index contributed by atoms with van der Waals surface area (Å²) in [6.45, 7) is 6.57. The van der Waals surface area contributed by atoms with E-state index in [1.807, 2.05) is 20.8 Å². The maximum Gasteiger partial charge on any atom is 0.291 e. The molecule has 1 aliphatic heterocycles. The number of nitrogens with one attached hydrogen (secondary N) is 2. The number of rotatable bonds is 3. The Balaban J connectivity index is 2.06. The summed E-state index contributed by atoms with van der Waals surface area (Å²) in [5.74, 6) is 0.666. The largest absolute Gasteiger partial charge is 0.376 e. The van der Waals surface area contributed by atoms with Crippen LogP contribution in [-0.2, 0) is 11.2 Å². The van der Waals surface area contributed by atoms with Gasteiger partial charge in [-0.3, -0.25) is 9.89 Å². The van der Waals surface area contributed by atoms with Crippen molar-refractivity contribution in [2.75, 3.05) is 6.61 Å². The highest BCUT2D eigenvalue weighted by atomic mass is 16.5. The van der Waals surface area contributed by atoms with E-state index < -0.39 is 0 Å². The van der Waals surface area contributed by atoms with Crippen LogP contribution in [0.4, 0.5) is 0 Å². The first kappa shape index (κ1) is 12.0. The summed E-state index contributed by atoms with van der Waals surface area (Å²) in [5.41, 5.74) is -0.329. The maximum atomic E-state index is 12.0. The molecule has 1 aromatic heterocycles. The van der Waals surface area contributed by atoms with Crippen molar-refractivity contribution in [2.45, 2.75) is 45.3 Å². The Hall–Kier alpha value is -1.43. The molecule has 1 fully saturated rings. The van der Waals surface area contributed by atoms with E-state index in [1.165, 1.54) is 0 Å². The molecule has 0 bridgehead atoms. The zero-order valence-electron chi connectivity index (χ0n) is 10.4. The van der Waals surface area contributed by atoms with Crippen LogP contribution in [0.3, 0.4) is 0 Å². The Bertz CT molecular complexity index is 417. The first-order valence-corrected chi connectivity index (χ1v) is 5.90. The molecule has 1 aromatic rings. The summed E-state index contributed by atoms with van der Waals surface area (Å²) in [7, 11) is 0. The summed E-state index contributed by atoms with van der Waals surface area (Å²) in [5, 5.41) is 9.58. The van der Waals surface area contributed by atoms with Gasteiger partial charge in [0.25, 0.3) is 5.91 Å². The number of amides is 1. The average molecular weight is 238 g/mol. The number of ether oxygens (including phenoxy) is 1. The van der Waals surface area contributed by atoms with E-state index in [0.29, 0.717) is 6.61 Å². The highest BCUT2D eigenvalue weighted by molar-refractivity contribution is 5.90. The van der Waals surface area contributed by atoms with Gasteiger partial charge in [-0.1, -0.05) is 6.92 Å². The number of carbonyl (C=O) groups is 1. The van der Waals surface area contributed by atoms with Crippen molar-refractivity contribution in [1.29, 1.82) is 0 Å². The smallest absolute Gasteiger partial charge is 0.291 e. The summed E-state index contributed by atoms with van der Waals surface area (Å²) in [6.07, 6.45) is 1.55. The van der Waals surface area contributed by atoms with Gasteiger partial charge in [0, 0.05) is 13.0 Å². The number of aromatic nitrogens is 3. The fraction of sp³-hybridized carbons (Fsp3) is 0.727. The number of hydrogen-bond acceptors (Lipinski definition) is 4. The number of nitrogens with zero attached hydrogens (tertiary/aromatic N) is 2. The van der Waals surface area contributed by atoms with Crippen molar-refractivity contribution in [3.8, 4) is 0 Å². The molecule has 0 spiro atoms. The molecule has 0 saturated carbocycles. The van der Waals surface area contributed by atoms with Crippen molar-refractivity contribution in [3.63, 3.8) is 0 Å². The number of hydrogen-bond donors (Lipinski definition) is 2. The van der Waals surface area contributed by atoms with E-state index in [1.54, 1.807) is 0 Å². The topological polar surface area (TPSA) is 79.9 Å². The molecule has 6 nitrogen and oxygen atoms in total. The van der Waals surface area contributed by atoms with Crippen molar-refractivity contribution in [3.05, 3.63) is 11.6 Å². The molecule has 2 atom stereocenters. The van der Waals surface area contributed by atoms with Gasteiger partial charge < -0.3 is 10.1 Å². The SMILES string of the molecule is CCc1nc(C(=O)NC2(C)CCOC2C)n[nH]1.